The lowest BCUT2D eigenvalue weighted by molar-refractivity contribution is -0.136. The lowest BCUT2D eigenvalue weighted by atomic mass is 9.82. The first-order valence-corrected chi connectivity index (χ1v) is 10.5. The molecule has 1 amide bonds. The molecule has 0 N–H and O–H groups in total. The monoisotopic (exact) mass is 359 g/mol. The van der Waals surface area contributed by atoms with Gasteiger partial charge in [-0.15, -0.1) is 0 Å². The fourth-order valence-electron chi connectivity index (χ4n) is 5.26. The number of amides is 1. The number of rotatable bonds is 4. The molecule has 5 nitrogen and oxygen atoms in total. The van der Waals surface area contributed by atoms with Gasteiger partial charge in [-0.1, -0.05) is 26.7 Å². The molecule has 144 valence electrons. The van der Waals surface area contributed by atoms with Crippen LogP contribution in [-0.2, 0) is 11.3 Å². The summed E-state index contributed by atoms with van der Waals surface area (Å²) in [6.07, 6.45) is 8.93. The quantitative estimate of drug-likeness (QED) is 0.823. The highest BCUT2D eigenvalue weighted by molar-refractivity contribution is 5.79. The molecule has 2 saturated heterocycles. The van der Waals surface area contributed by atoms with Crippen molar-refractivity contribution in [3.8, 4) is 0 Å². The van der Waals surface area contributed by atoms with E-state index in [2.05, 4.69) is 28.6 Å². The van der Waals surface area contributed by atoms with E-state index in [4.69, 9.17) is 4.42 Å². The summed E-state index contributed by atoms with van der Waals surface area (Å²) in [5.41, 5.74) is 1.06. The van der Waals surface area contributed by atoms with Crippen LogP contribution in [0.1, 0.15) is 69.7 Å². The Morgan fingerprint density at radius 2 is 1.81 bits per heavy atom. The Balaban J connectivity index is 1.28. The van der Waals surface area contributed by atoms with Crippen molar-refractivity contribution < 1.29 is 9.21 Å². The Labute approximate surface area is 157 Å². The van der Waals surface area contributed by atoms with Gasteiger partial charge in [0.25, 0.3) is 0 Å². The Bertz CT molecular complexity index is 605. The highest BCUT2D eigenvalue weighted by atomic mass is 16.3. The van der Waals surface area contributed by atoms with Gasteiger partial charge >= 0.3 is 0 Å². The number of oxazole rings is 1. The SMILES string of the molecule is CC(C)c1ocnc1CN1CCC(C(=O)N2CC3CCCCC3C2)CC1. The van der Waals surface area contributed by atoms with E-state index in [9.17, 15) is 4.79 Å². The normalized spacial score (nSPS) is 27.9. The van der Waals surface area contributed by atoms with Crippen molar-refractivity contribution in [2.24, 2.45) is 17.8 Å². The van der Waals surface area contributed by atoms with Crippen LogP contribution in [0.4, 0.5) is 0 Å². The Morgan fingerprint density at radius 3 is 2.42 bits per heavy atom. The average molecular weight is 360 g/mol. The molecular weight excluding hydrogens is 326 g/mol. The summed E-state index contributed by atoms with van der Waals surface area (Å²) in [5, 5.41) is 0. The van der Waals surface area contributed by atoms with Crippen LogP contribution in [0.5, 0.6) is 0 Å². The third-order valence-corrected chi connectivity index (χ3v) is 6.80. The molecule has 0 aromatic carbocycles. The van der Waals surface area contributed by atoms with Gasteiger partial charge in [-0.3, -0.25) is 9.69 Å². The Kier molecular flexibility index (Phi) is 5.35. The minimum atomic E-state index is 0.230. The van der Waals surface area contributed by atoms with Gasteiger partial charge in [0.05, 0.1) is 5.69 Å². The van der Waals surface area contributed by atoms with Crippen molar-refractivity contribution >= 4 is 5.91 Å². The summed E-state index contributed by atoms with van der Waals surface area (Å²) in [7, 11) is 0. The van der Waals surface area contributed by atoms with Crippen molar-refractivity contribution in [3.63, 3.8) is 0 Å². The zero-order chi connectivity index (χ0) is 18.1. The van der Waals surface area contributed by atoms with E-state index >= 15 is 0 Å². The molecule has 3 aliphatic rings. The molecule has 4 rings (SSSR count). The smallest absolute Gasteiger partial charge is 0.225 e. The summed E-state index contributed by atoms with van der Waals surface area (Å²) >= 11 is 0. The molecule has 5 heteroatoms. The van der Waals surface area contributed by atoms with Gasteiger partial charge in [0, 0.05) is 31.5 Å². The molecule has 0 spiro atoms. The fourth-order valence-corrected chi connectivity index (χ4v) is 5.26. The zero-order valence-electron chi connectivity index (χ0n) is 16.3. The predicted molar refractivity (Wildman–Crippen MR) is 101 cm³/mol. The zero-order valence-corrected chi connectivity index (χ0v) is 16.3. The van der Waals surface area contributed by atoms with E-state index in [-0.39, 0.29) is 5.92 Å². The summed E-state index contributed by atoms with van der Waals surface area (Å²) in [5.74, 6) is 3.61. The summed E-state index contributed by atoms with van der Waals surface area (Å²) in [6, 6.07) is 0. The number of carbonyl (C=O) groups is 1. The van der Waals surface area contributed by atoms with Crippen LogP contribution in [0.25, 0.3) is 0 Å². The standard InChI is InChI=1S/C21H33N3O2/c1-15(2)20-19(22-14-26-20)13-23-9-7-16(8-10-23)21(25)24-11-17-5-3-4-6-18(17)12-24/h14-18H,3-13H2,1-2H3. The second-order valence-electron chi connectivity index (χ2n) is 8.92. The lowest BCUT2D eigenvalue weighted by Gasteiger charge is -2.33. The molecule has 1 saturated carbocycles. The van der Waals surface area contributed by atoms with Gasteiger partial charge in [0.1, 0.15) is 5.76 Å². The summed E-state index contributed by atoms with van der Waals surface area (Å²) in [4.78, 5) is 22.0. The van der Waals surface area contributed by atoms with Crippen LogP contribution >= 0.6 is 0 Å². The van der Waals surface area contributed by atoms with Crippen molar-refractivity contribution in [1.82, 2.24) is 14.8 Å². The molecule has 2 aliphatic heterocycles. The van der Waals surface area contributed by atoms with Gasteiger partial charge in [-0.2, -0.15) is 0 Å². The number of carbonyl (C=O) groups excluding carboxylic acids is 1. The van der Waals surface area contributed by atoms with Crippen LogP contribution in [0.3, 0.4) is 0 Å². The van der Waals surface area contributed by atoms with Gasteiger partial charge < -0.3 is 9.32 Å². The number of likely N-dealkylation sites (tertiary alicyclic amines) is 2. The van der Waals surface area contributed by atoms with E-state index in [0.717, 1.165) is 68.9 Å². The van der Waals surface area contributed by atoms with E-state index in [1.165, 1.54) is 25.7 Å². The minimum Gasteiger partial charge on any atom is -0.448 e. The van der Waals surface area contributed by atoms with Gasteiger partial charge in [-0.25, -0.2) is 4.98 Å². The van der Waals surface area contributed by atoms with Crippen molar-refractivity contribution in [2.45, 2.75) is 64.8 Å². The van der Waals surface area contributed by atoms with Gasteiger partial charge in [-0.05, 0) is 50.6 Å². The number of hydrogen-bond acceptors (Lipinski definition) is 4. The first-order valence-electron chi connectivity index (χ1n) is 10.5. The summed E-state index contributed by atoms with van der Waals surface area (Å²) < 4.78 is 5.54. The molecule has 1 aromatic heterocycles. The lowest BCUT2D eigenvalue weighted by Crippen LogP contribution is -2.41. The number of aromatic nitrogens is 1. The second kappa shape index (κ2) is 7.71. The number of hydrogen-bond donors (Lipinski definition) is 0. The highest BCUT2D eigenvalue weighted by Gasteiger charge is 2.39. The number of fused-ring (bicyclic) bond motifs is 1. The summed E-state index contributed by atoms with van der Waals surface area (Å²) in [6.45, 7) is 9.16. The third-order valence-electron chi connectivity index (χ3n) is 6.80. The molecule has 26 heavy (non-hydrogen) atoms. The number of piperidine rings is 1. The second-order valence-corrected chi connectivity index (χ2v) is 8.92. The molecule has 3 fully saturated rings. The molecule has 1 aliphatic carbocycles. The highest BCUT2D eigenvalue weighted by Crippen LogP contribution is 2.37. The van der Waals surface area contributed by atoms with E-state index in [0.29, 0.717) is 11.8 Å². The molecule has 0 bridgehead atoms. The van der Waals surface area contributed by atoms with Crippen LogP contribution in [-0.4, -0.2) is 46.9 Å². The first kappa shape index (κ1) is 18.0. The van der Waals surface area contributed by atoms with E-state index < -0.39 is 0 Å². The maximum Gasteiger partial charge on any atom is 0.225 e. The fraction of sp³-hybridized carbons (Fsp3) is 0.810. The predicted octanol–water partition coefficient (Wildman–Crippen LogP) is 3.66. The minimum absolute atomic E-state index is 0.230. The molecular formula is C21H33N3O2. The largest absolute Gasteiger partial charge is 0.448 e. The maximum atomic E-state index is 13.0. The van der Waals surface area contributed by atoms with Crippen LogP contribution in [0.2, 0.25) is 0 Å². The van der Waals surface area contributed by atoms with Crippen molar-refractivity contribution in [3.05, 3.63) is 17.8 Å². The molecule has 0 radical (unpaired) electrons. The molecule has 1 aromatic rings. The van der Waals surface area contributed by atoms with Crippen molar-refractivity contribution in [1.29, 1.82) is 0 Å². The van der Waals surface area contributed by atoms with Gasteiger partial charge in [0.2, 0.25) is 5.91 Å². The Hall–Kier alpha value is -1.36. The molecule has 2 unspecified atom stereocenters. The van der Waals surface area contributed by atoms with Crippen LogP contribution in [0.15, 0.2) is 10.8 Å². The first-order chi connectivity index (χ1) is 12.6. The van der Waals surface area contributed by atoms with Gasteiger partial charge in [0.15, 0.2) is 6.39 Å². The van der Waals surface area contributed by atoms with E-state index in [1.807, 2.05) is 0 Å². The van der Waals surface area contributed by atoms with E-state index in [1.54, 1.807) is 6.39 Å². The molecule has 3 heterocycles. The average Bonchev–Trinajstić information content (AvgIpc) is 3.28. The van der Waals surface area contributed by atoms with Crippen LogP contribution in [0, 0.1) is 17.8 Å². The van der Waals surface area contributed by atoms with Crippen molar-refractivity contribution in [2.75, 3.05) is 26.2 Å². The maximum absolute atomic E-state index is 13.0. The topological polar surface area (TPSA) is 49.6 Å². The number of nitrogens with zero attached hydrogens (tertiary/aromatic N) is 3. The Morgan fingerprint density at radius 1 is 1.15 bits per heavy atom. The third kappa shape index (κ3) is 3.68. The van der Waals surface area contributed by atoms with Crippen LogP contribution < -0.4 is 0 Å². The molecule has 2 atom stereocenters.